The monoisotopic (exact) mass is 193 g/mol. The van der Waals surface area contributed by atoms with Crippen molar-refractivity contribution in [3.8, 4) is 6.07 Å². The predicted molar refractivity (Wildman–Crippen MR) is 47.1 cm³/mol. The van der Waals surface area contributed by atoms with Crippen LogP contribution in [0.2, 0.25) is 0 Å². The fraction of sp³-hybridized carbons (Fsp3) is 0.667. The smallest absolute Gasteiger partial charge is 0.241 e. The van der Waals surface area contributed by atoms with E-state index in [1.165, 1.54) is 4.90 Å². The van der Waals surface area contributed by atoms with Crippen molar-refractivity contribution >= 4 is 11.7 Å². The Labute approximate surface area is 81.7 Å². The molecule has 0 saturated carbocycles. The molecule has 0 aromatic rings. The number of Topliss-reactive ketones (excluding diaryl/α,β-unsaturated/α-hetero) is 1. The third-order valence-electron chi connectivity index (χ3n) is 2.71. The zero-order valence-corrected chi connectivity index (χ0v) is 7.69. The van der Waals surface area contributed by atoms with Gasteiger partial charge in [0, 0.05) is 0 Å². The summed E-state index contributed by atoms with van der Waals surface area (Å²) in [4.78, 5) is 24.0. The van der Waals surface area contributed by atoms with Crippen molar-refractivity contribution in [3.63, 3.8) is 0 Å². The third kappa shape index (κ3) is 1.28. The highest BCUT2D eigenvalue weighted by Crippen LogP contribution is 2.17. The van der Waals surface area contributed by atoms with Gasteiger partial charge in [-0.3, -0.25) is 9.59 Å². The van der Waals surface area contributed by atoms with Crippen LogP contribution in [-0.2, 0) is 9.59 Å². The number of carbonyl (C=O) groups is 2. The topological polar surface area (TPSA) is 73.2 Å². The highest BCUT2D eigenvalue weighted by Gasteiger charge is 2.43. The maximum absolute atomic E-state index is 11.7. The number of likely N-dealkylation sites (tertiary alicyclic amines) is 1. The van der Waals surface area contributed by atoms with Gasteiger partial charge >= 0.3 is 0 Å². The fourth-order valence-electron chi connectivity index (χ4n) is 1.85. The minimum Gasteiger partial charge on any atom is -0.311 e. The highest BCUT2D eigenvalue weighted by molar-refractivity contribution is 6.02. The van der Waals surface area contributed by atoms with Gasteiger partial charge in [0.15, 0.2) is 11.8 Å². The molecule has 0 aromatic heterocycles. The molecule has 1 amide bonds. The maximum atomic E-state index is 11.7. The molecule has 0 bridgehead atoms. The van der Waals surface area contributed by atoms with Crippen LogP contribution in [0.15, 0.2) is 0 Å². The lowest BCUT2D eigenvalue weighted by atomic mass is 10.0. The molecule has 2 heterocycles. The highest BCUT2D eigenvalue weighted by atomic mass is 16.2. The number of hydrogen-bond donors (Lipinski definition) is 1. The van der Waals surface area contributed by atoms with E-state index in [1.54, 1.807) is 0 Å². The van der Waals surface area contributed by atoms with Gasteiger partial charge in [-0.15, -0.1) is 0 Å². The van der Waals surface area contributed by atoms with E-state index in [4.69, 9.17) is 5.26 Å². The van der Waals surface area contributed by atoms with Crippen molar-refractivity contribution in [2.75, 3.05) is 13.1 Å². The van der Waals surface area contributed by atoms with Crippen LogP contribution in [0.5, 0.6) is 0 Å². The summed E-state index contributed by atoms with van der Waals surface area (Å²) < 4.78 is 0. The Morgan fingerprint density at radius 3 is 2.93 bits per heavy atom. The Bertz CT molecular complexity index is 315. The quantitative estimate of drug-likeness (QED) is 0.582. The van der Waals surface area contributed by atoms with Crippen molar-refractivity contribution in [1.29, 1.82) is 5.26 Å². The van der Waals surface area contributed by atoms with Crippen LogP contribution < -0.4 is 5.32 Å². The van der Waals surface area contributed by atoms with Gasteiger partial charge in [-0.2, -0.15) is 5.26 Å². The largest absolute Gasteiger partial charge is 0.311 e. The molecular weight excluding hydrogens is 182 g/mol. The summed E-state index contributed by atoms with van der Waals surface area (Å²) in [5.74, 6) is -0.257. The average molecular weight is 193 g/mol. The van der Waals surface area contributed by atoms with Gasteiger partial charge in [0.05, 0.1) is 18.7 Å². The molecule has 2 atom stereocenters. The van der Waals surface area contributed by atoms with Crippen LogP contribution in [0.1, 0.15) is 12.8 Å². The summed E-state index contributed by atoms with van der Waals surface area (Å²) in [5, 5.41) is 11.7. The number of rotatable bonds is 1. The van der Waals surface area contributed by atoms with E-state index in [0.29, 0.717) is 0 Å². The molecule has 2 aliphatic rings. The average Bonchev–Trinajstić information content (AvgIpc) is 2.66. The van der Waals surface area contributed by atoms with Crippen molar-refractivity contribution in [3.05, 3.63) is 0 Å². The van der Waals surface area contributed by atoms with Crippen molar-refractivity contribution in [2.24, 2.45) is 0 Å². The van der Waals surface area contributed by atoms with Crippen LogP contribution in [0, 0.1) is 11.3 Å². The summed E-state index contributed by atoms with van der Waals surface area (Å²) in [5.41, 5.74) is 0. The van der Waals surface area contributed by atoms with E-state index in [0.717, 1.165) is 19.4 Å². The second-order valence-corrected chi connectivity index (χ2v) is 3.61. The third-order valence-corrected chi connectivity index (χ3v) is 2.71. The van der Waals surface area contributed by atoms with E-state index in [2.05, 4.69) is 5.32 Å². The molecule has 5 nitrogen and oxygen atoms in total. The number of nitrogens with zero attached hydrogens (tertiary/aromatic N) is 2. The van der Waals surface area contributed by atoms with E-state index >= 15 is 0 Å². The zero-order chi connectivity index (χ0) is 10.1. The lowest BCUT2D eigenvalue weighted by Crippen LogP contribution is -2.62. The molecule has 74 valence electrons. The van der Waals surface area contributed by atoms with Crippen LogP contribution in [0.25, 0.3) is 0 Å². The van der Waals surface area contributed by atoms with Gasteiger partial charge in [-0.25, -0.2) is 0 Å². The first-order valence-corrected chi connectivity index (χ1v) is 4.70. The van der Waals surface area contributed by atoms with Crippen molar-refractivity contribution in [2.45, 2.75) is 24.9 Å². The molecule has 2 aliphatic heterocycles. The molecule has 14 heavy (non-hydrogen) atoms. The summed E-state index contributed by atoms with van der Waals surface area (Å²) in [7, 11) is 0. The van der Waals surface area contributed by atoms with Gasteiger partial charge < -0.3 is 10.2 Å². The Morgan fingerprint density at radius 2 is 2.43 bits per heavy atom. The Morgan fingerprint density at radius 1 is 1.64 bits per heavy atom. The maximum Gasteiger partial charge on any atom is 0.241 e. The van der Waals surface area contributed by atoms with Crippen LogP contribution in [0.4, 0.5) is 0 Å². The molecule has 0 spiro atoms. The van der Waals surface area contributed by atoms with Gasteiger partial charge in [0.1, 0.15) is 0 Å². The van der Waals surface area contributed by atoms with Gasteiger partial charge in [-0.1, -0.05) is 0 Å². The lowest BCUT2D eigenvalue weighted by Gasteiger charge is -2.36. The molecular formula is C9H11N3O2. The molecule has 0 aliphatic carbocycles. The summed E-state index contributed by atoms with van der Waals surface area (Å²) in [6, 6.07) is 0.823. The minimum atomic E-state index is -0.829. The second kappa shape index (κ2) is 3.39. The first-order chi connectivity index (χ1) is 6.74. The summed E-state index contributed by atoms with van der Waals surface area (Å²) >= 11 is 0. The van der Waals surface area contributed by atoms with E-state index in [9.17, 15) is 9.59 Å². The fourth-order valence-corrected chi connectivity index (χ4v) is 1.85. The number of amides is 1. The number of ketones is 1. The standard InChI is InChI=1S/C9H11N3O2/c10-4-7-8(13)5-12(7)9(14)6-2-1-3-11-6/h6-7,11H,1-3,5H2. The molecule has 2 unspecified atom stereocenters. The second-order valence-electron chi connectivity index (χ2n) is 3.61. The zero-order valence-electron chi connectivity index (χ0n) is 7.69. The number of nitrogens with one attached hydrogen (secondary N) is 1. The Hall–Kier alpha value is -1.41. The number of nitriles is 1. The van der Waals surface area contributed by atoms with E-state index in [-0.39, 0.29) is 24.3 Å². The molecule has 2 saturated heterocycles. The van der Waals surface area contributed by atoms with Gasteiger partial charge in [0.2, 0.25) is 5.91 Å². The molecule has 0 radical (unpaired) electrons. The first kappa shape index (κ1) is 9.16. The molecule has 1 N–H and O–H groups in total. The van der Waals surface area contributed by atoms with Gasteiger partial charge in [0.25, 0.3) is 0 Å². The lowest BCUT2D eigenvalue weighted by molar-refractivity contribution is -0.149. The number of hydrogen-bond acceptors (Lipinski definition) is 4. The normalized spacial score (nSPS) is 31.1. The molecule has 2 fully saturated rings. The van der Waals surface area contributed by atoms with Crippen LogP contribution in [0.3, 0.4) is 0 Å². The van der Waals surface area contributed by atoms with Gasteiger partial charge in [-0.05, 0) is 19.4 Å². The van der Waals surface area contributed by atoms with Crippen LogP contribution >= 0.6 is 0 Å². The molecule has 0 aromatic carbocycles. The molecule has 5 heteroatoms. The van der Waals surface area contributed by atoms with Crippen LogP contribution in [-0.4, -0.2) is 41.8 Å². The Kier molecular flexibility index (Phi) is 2.22. The van der Waals surface area contributed by atoms with Crippen molar-refractivity contribution < 1.29 is 9.59 Å². The summed E-state index contributed by atoms with van der Waals surface area (Å²) in [6.07, 6.45) is 1.79. The minimum absolute atomic E-state index is 0.103. The van der Waals surface area contributed by atoms with E-state index in [1.807, 2.05) is 6.07 Å². The summed E-state index contributed by atoms with van der Waals surface area (Å²) in [6.45, 7) is 0.949. The Balaban J connectivity index is 1.99. The SMILES string of the molecule is N#CC1C(=O)CN1C(=O)C1CCCN1. The predicted octanol–water partition coefficient (Wildman–Crippen LogP) is -0.958. The molecule has 2 rings (SSSR count). The van der Waals surface area contributed by atoms with Crippen molar-refractivity contribution in [1.82, 2.24) is 10.2 Å². The van der Waals surface area contributed by atoms with E-state index < -0.39 is 6.04 Å². The number of carbonyl (C=O) groups excluding carboxylic acids is 2. The first-order valence-electron chi connectivity index (χ1n) is 4.70.